The fourth-order valence-electron chi connectivity index (χ4n) is 3.07. The van der Waals surface area contributed by atoms with Crippen LogP contribution >= 0.6 is 11.8 Å². The van der Waals surface area contributed by atoms with E-state index in [1.807, 2.05) is 0 Å². The summed E-state index contributed by atoms with van der Waals surface area (Å²) in [5.41, 5.74) is 1.16. The quantitative estimate of drug-likeness (QED) is 0.606. The van der Waals surface area contributed by atoms with E-state index in [0.717, 1.165) is 11.8 Å². The van der Waals surface area contributed by atoms with Crippen molar-refractivity contribution in [1.82, 2.24) is 0 Å². The Morgan fingerprint density at radius 2 is 1.72 bits per heavy atom. The molecule has 32 heavy (non-hydrogen) atoms. The van der Waals surface area contributed by atoms with E-state index in [-0.39, 0.29) is 11.3 Å². The molecule has 0 saturated carbocycles. The first kappa shape index (κ1) is 23.1. The maximum Gasteiger partial charge on any atom is 0.344 e. The zero-order valence-corrected chi connectivity index (χ0v) is 19.1. The highest BCUT2D eigenvalue weighted by molar-refractivity contribution is 8.18. The van der Waals surface area contributed by atoms with Crippen LogP contribution in [0.15, 0.2) is 57.6 Å². The maximum absolute atomic E-state index is 12.4. The Bertz CT molecular complexity index is 1120. The number of benzene rings is 2. The summed E-state index contributed by atoms with van der Waals surface area (Å²) >= 11 is 1.13. The molecule has 0 fully saturated rings. The number of rotatable bonds is 7. The smallest absolute Gasteiger partial charge is 0.344 e. The summed E-state index contributed by atoms with van der Waals surface area (Å²) in [6.07, 6.45) is 1.68. The van der Waals surface area contributed by atoms with Gasteiger partial charge in [0.15, 0.2) is 11.5 Å². The van der Waals surface area contributed by atoms with Crippen LogP contribution in [0.1, 0.15) is 5.56 Å². The summed E-state index contributed by atoms with van der Waals surface area (Å²) in [5.74, 6) is 1.02. The number of aliphatic hydroxyl groups is 1. The van der Waals surface area contributed by atoms with Gasteiger partial charge in [-0.2, -0.15) is 0 Å². The minimum Gasteiger partial charge on any atom is -0.506 e. The van der Waals surface area contributed by atoms with E-state index in [0.29, 0.717) is 44.2 Å². The molecule has 0 atom stereocenters. The molecule has 0 spiro atoms. The van der Waals surface area contributed by atoms with Gasteiger partial charge in [0.25, 0.3) is 0 Å². The molecule has 1 aliphatic heterocycles. The zero-order valence-electron chi connectivity index (χ0n) is 18.3. The molecule has 0 bridgehead atoms. The van der Waals surface area contributed by atoms with Crippen LogP contribution in [0.3, 0.4) is 0 Å². The Morgan fingerprint density at radius 1 is 0.969 bits per heavy atom. The Balaban J connectivity index is 2.11. The number of carbonyl (C=O) groups excluding carboxylic acids is 1. The first-order valence-corrected chi connectivity index (χ1v) is 10.2. The van der Waals surface area contributed by atoms with Crippen LogP contribution in [-0.4, -0.2) is 51.7 Å². The molecular weight excluding hydrogens is 434 g/mol. The van der Waals surface area contributed by atoms with Crippen molar-refractivity contribution in [1.29, 1.82) is 0 Å². The zero-order chi connectivity index (χ0) is 23.3. The highest BCUT2D eigenvalue weighted by Gasteiger charge is 2.33. The van der Waals surface area contributed by atoms with Gasteiger partial charge in [0.2, 0.25) is 5.75 Å². The second kappa shape index (κ2) is 10.1. The third kappa shape index (κ3) is 4.52. The highest BCUT2D eigenvalue weighted by Crippen LogP contribution is 2.44. The van der Waals surface area contributed by atoms with Crippen molar-refractivity contribution < 1.29 is 33.6 Å². The van der Waals surface area contributed by atoms with Gasteiger partial charge in [-0.15, -0.1) is 0 Å². The van der Waals surface area contributed by atoms with Crippen molar-refractivity contribution in [2.45, 2.75) is 0 Å². The lowest BCUT2D eigenvalue weighted by atomic mass is 10.1. The number of aliphatic hydroxyl groups excluding tert-OH is 1. The van der Waals surface area contributed by atoms with Crippen molar-refractivity contribution in [3.8, 4) is 23.0 Å². The lowest BCUT2D eigenvalue weighted by Crippen LogP contribution is -2.10. The van der Waals surface area contributed by atoms with Gasteiger partial charge in [-0.3, -0.25) is 0 Å². The summed E-state index contributed by atoms with van der Waals surface area (Å²) in [7, 11) is 7.34. The predicted molar refractivity (Wildman–Crippen MR) is 123 cm³/mol. The number of nitrogens with zero attached hydrogens (tertiary/aromatic N) is 1. The molecule has 3 rings (SSSR count). The highest BCUT2D eigenvalue weighted by atomic mass is 32.2. The van der Waals surface area contributed by atoms with Gasteiger partial charge < -0.3 is 28.8 Å². The second-order valence-corrected chi connectivity index (χ2v) is 7.40. The third-order valence-corrected chi connectivity index (χ3v) is 5.61. The first-order valence-electron chi connectivity index (χ1n) is 9.40. The van der Waals surface area contributed by atoms with E-state index in [1.165, 1.54) is 28.4 Å². The second-order valence-electron chi connectivity index (χ2n) is 6.37. The molecule has 1 aliphatic rings. The summed E-state index contributed by atoms with van der Waals surface area (Å²) in [6, 6.07) is 10.5. The predicted octanol–water partition coefficient (Wildman–Crippen LogP) is 4.52. The molecule has 2 aromatic carbocycles. The molecule has 0 amide bonds. The lowest BCUT2D eigenvalue weighted by molar-refractivity contribution is -0.135. The number of methoxy groups -OCH3 is 5. The maximum atomic E-state index is 12.4. The first-order chi connectivity index (χ1) is 15.5. The van der Waals surface area contributed by atoms with Crippen LogP contribution in [-0.2, 0) is 9.53 Å². The third-order valence-electron chi connectivity index (χ3n) is 4.59. The van der Waals surface area contributed by atoms with Crippen molar-refractivity contribution in [3.63, 3.8) is 0 Å². The largest absolute Gasteiger partial charge is 0.506 e. The van der Waals surface area contributed by atoms with Crippen LogP contribution in [0.25, 0.3) is 6.08 Å². The Labute approximate surface area is 190 Å². The van der Waals surface area contributed by atoms with Crippen LogP contribution in [0, 0.1) is 0 Å². The molecule has 168 valence electrons. The van der Waals surface area contributed by atoms with Gasteiger partial charge in [0.05, 0.1) is 46.1 Å². The average Bonchev–Trinajstić information content (AvgIpc) is 3.12. The Hall–Kier alpha value is -3.59. The minimum absolute atomic E-state index is 0.0222. The number of hydrogen-bond acceptors (Lipinski definition) is 9. The van der Waals surface area contributed by atoms with Crippen LogP contribution in [0.4, 0.5) is 5.69 Å². The summed E-state index contributed by atoms with van der Waals surface area (Å²) in [5, 5.41) is 11.1. The fourth-order valence-corrected chi connectivity index (χ4v) is 4.09. The molecule has 0 radical (unpaired) electrons. The van der Waals surface area contributed by atoms with Gasteiger partial charge in [-0.05, 0) is 30.3 Å². The van der Waals surface area contributed by atoms with Crippen LogP contribution in [0.5, 0.6) is 23.0 Å². The van der Waals surface area contributed by atoms with Crippen molar-refractivity contribution in [3.05, 3.63) is 58.2 Å². The van der Waals surface area contributed by atoms with E-state index >= 15 is 0 Å². The number of ether oxygens (including phenoxy) is 5. The van der Waals surface area contributed by atoms with E-state index in [2.05, 4.69) is 4.99 Å². The van der Waals surface area contributed by atoms with Gasteiger partial charge in [0, 0.05) is 11.6 Å². The molecule has 0 aromatic heterocycles. The Kier molecular flexibility index (Phi) is 7.32. The number of carbonyl (C=O) groups is 1. The molecule has 1 N–H and O–H groups in total. The molecule has 9 heteroatoms. The fraction of sp³-hybridized carbons (Fsp3) is 0.217. The molecule has 0 unspecified atom stereocenters. The lowest BCUT2D eigenvalue weighted by Gasteiger charge is -2.14. The van der Waals surface area contributed by atoms with Crippen molar-refractivity contribution in [2.24, 2.45) is 4.99 Å². The summed E-state index contributed by atoms with van der Waals surface area (Å²) in [4.78, 5) is 17.3. The minimum atomic E-state index is -0.695. The van der Waals surface area contributed by atoms with E-state index < -0.39 is 5.97 Å². The molecule has 8 nitrogen and oxygen atoms in total. The number of aliphatic imine (C=N–C) groups is 1. The molecular formula is C23H23NO7S. The van der Waals surface area contributed by atoms with Crippen LogP contribution < -0.4 is 18.9 Å². The van der Waals surface area contributed by atoms with Gasteiger partial charge in [-0.25, -0.2) is 9.79 Å². The number of hydrogen-bond donors (Lipinski definition) is 1. The summed E-state index contributed by atoms with van der Waals surface area (Å²) in [6.45, 7) is 0. The standard InChI is InChI=1S/C23H23NO7S/c1-27-15-8-6-7-14(12-15)24-22-18(23(26)31-5)19(25)17(32-22)11-13-9-10-16(28-2)21(30-4)20(13)29-3/h6-12,25H,1-5H3/b17-11+,24-22?. The monoisotopic (exact) mass is 457 g/mol. The van der Waals surface area contributed by atoms with E-state index in [9.17, 15) is 9.90 Å². The SMILES string of the molecule is COC(=O)C1=C(O)/C(=C\c2ccc(OC)c(OC)c2OC)SC1=Nc1cccc(OC)c1. The average molecular weight is 458 g/mol. The molecule has 0 aliphatic carbocycles. The molecule has 0 saturated heterocycles. The van der Waals surface area contributed by atoms with Gasteiger partial charge >= 0.3 is 5.97 Å². The summed E-state index contributed by atoms with van der Waals surface area (Å²) < 4.78 is 26.3. The molecule has 1 heterocycles. The van der Waals surface area contributed by atoms with Crippen molar-refractivity contribution >= 4 is 34.5 Å². The van der Waals surface area contributed by atoms with Crippen molar-refractivity contribution in [2.75, 3.05) is 35.5 Å². The number of esters is 1. The van der Waals surface area contributed by atoms with Gasteiger partial charge in [-0.1, -0.05) is 17.8 Å². The van der Waals surface area contributed by atoms with Crippen LogP contribution in [0.2, 0.25) is 0 Å². The van der Waals surface area contributed by atoms with Gasteiger partial charge in [0.1, 0.15) is 22.1 Å². The topological polar surface area (TPSA) is 95.8 Å². The number of thioether (sulfide) groups is 1. The van der Waals surface area contributed by atoms with E-state index in [4.69, 9.17) is 23.7 Å². The molecule has 2 aromatic rings. The Morgan fingerprint density at radius 3 is 2.34 bits per heavy atom. The van der Waals surface area contributed by atoms with E-state index in [1.54, 1.807) is 49.6 Å². The normalized spacial score (nSPS) is 15.8.